The zero-order valence-electron chi connectivity index (χ0n) is 15.4. The average molecular weight is 490 g/mol. The molecule has 0 spiro atoms. The van der Waals surface area contributed by atoms with Gasteiger partial charge in [0.05, 0.1) is 13.2 Å². The van der Waals surface area contributed by atoms with Gasteiger partial charge in [-0.2, -0.15) is 0 Å². The normalized spacial score (nSPS) is 11.4. The number of halogens is 2. The van der Waals surface area contributed by atoms with E-state index in [1.54, 1.807) is 0 Å². The topological polar surface area (TPSA) is 18.5 Å². The molecule has 0 amide bonds. The van der Waals surface area contributed by atoms with Gasteiger partial charge in [-0.05, 0) is 79.4 Å². The van der Waals surface area contributed by atoms with Gasteiger partial charge in [0.2, 0.25) is 0 Å². The third-order valence-corrected chi connectivity index (χ3v) is 6.19. The van der Waals surface area contributed by atoms with Crippen molar-refractivity contribution in [1.29, 1.82) is 0 Å². The van der Waals surface area contributed by atoms with Crippen LogP contribution in [0.3, 0.4) is 0 Å². The van der Waals surface area contributed by atoms with E-state index in [1.165, 1.54) is 5.56 Å². The first-order valence-corrected chi connectivity index (χ1v) is 10.4. The molecule has 3 aromatic carbocycles. The van der Waals surface area contributed by atoms with Crippen molar-refractivity contribution >= 4 is 31.9 Å². The maximum atomic E-state index is 6.03. The minimum atomic E-state index is -0.0820. The molecule has 3 aromatic rings. The standard InChI is InChI=1S/C23H22Br2O2/c1-23(2,18-11-12-21(24)22(25)14-18)16-26-15-17-7-6-10-20(13-17)27-19-8-4-3-5-9-19/h3-14H,15-16H2,1-2H3. The molecule has 27 heavy (non-hydrogen) atoms. The minimum Gasteiger partial charge on any atom is -0.457 e. The lowest BCUT2D eigenvalue weighted by atomic mass is 9.86. The molecule has 140 valence electrons. The highest BCUT2D eigenvalue weighted by molar-refractivity contribution is 9.13. The fourth-order valence-corrected chi connectivity index (χ4v) is 3.37. The lowest BCUT2D eigenvalue weighted by molar-refractivity contribution is 0.0824. The highest BCUT2D eigenvalue weighted by atomic mass is 79.9. The zero-order valence-corrected chi connectivity index (χ0v) is 18.6. The van der Waals surface area contributed by atoms with Gasteiger partial charge in [-0.1, -0.05) is 50.2 Å². The second-order valence-corrected chi connectivity index (χ2v) is 8.78. The molecule has 4 heteroatoms. The Hall–Kier alpha value is -1.62. The third-order valence-electron chi connectivity index (χ3n) is 4.31. The van der Waals surface area contributed by atoms with Crippen molar-refractivity contribution in [1.82, 2.24) is 0 Å². The molecular weight excluding hydrogens is 468 g/mol. The van der Waals surface area contributed by atoms with Crippen molar-refractivity contribution in [3.05, 3.63) is 92.9 Å². The molecule has 0 radical (unpaired) electrons. The van der Waals surface area contributed by atoms with Crippen LogP contribution in [0.1, 0.15) is 25.0 Å². The summed E-state index contributed by atoms with van der Waals surface area (Å²) in [7, 11) is 0. The van der Waals surface area contributed by atoms with E-state index in [0.717, 1.165) is 26.0 Å². The molecule has 0 aliphatic rings. The Kier molecular flexibility index (Phi) is 6.74. The van der Waals surface area contributed by atoms with Gasteiger partial charge in [0.15, 0.2) is 0 Å². The molecule has 0 heterocycles. The summed E-state index contributed by atoms with van der Waals surface area (Å²) in [4.78, 5) is 0. The summed E-state index contributed by atoms with van der Waals surface area (Å²) in [6.07, 6.45) is 0. The van der Waals surface area contributed by atoms with Gasteiger partial charge in [-0.25, -0.2) is 0 Å². The van der Waals surface area contributed by atoms with Gasteiger partial charge < -0.3 is 9.47 Å². The second kappa shape index (κ2) is 9.05. The molecule has 0 aromatic heterocycles. The Morgan fingerprint density at radius 3 is 2.26 bits per heavy atom. The summed E-state index contributed by atoms with van der Waals surface area (Å²) < 4.78 is 14.0. The molecule has 2 nitrogen and oxygen atoms in total. The lowest BCUT2D eigenvalue weighted by Gasteiger charge is -2.25. The second-order valence-electron chi connectivity index (χ2n) is 7.07. The quantitative estimate of drug-likeness (QED) is 0.342. The van der Waals surface area contributed by atoms with Crippen LogP contribution in [0, 0.1) is 0 Å². The predicted octanol–water partition coefficient (Wildman–Crippen LogP) is 7.50. The van der Waals surface area contributed by atoms with Crippen molar-refractivity contribution in [2.45, 2.75) is 25.9 Å². The van der Waals surface area contributed by atoms with Crippen molar-refractivity contribution in [3.63, 3.8) is 0 Å². The maximum absolute atomic E-state index is 6.03. The monoisotopic (exact) mass is 488 g/mol. The van der Waals surface area contributed by atoms with Crippen LogP contribution in [0.5, 0.6) is 11.5 Å². The largest absolute Gasteiger partial charge is 0.457 e. The van der Waals surface area contributed by atoms with Crippen molar-refractivity contribution in [2.24, 2.45) is 0 Å². The van der Waals surface area contributed by atoms with E-state index in [4.69, 9.17) is 9.47 Å². The number of hydrogen-bond acceptors (Lipinski definition) is 2. The van der Waals surface area contributed by atoms with Crippen molar-refractivity contribution < 1.29 is 9.47 Å². The van der Waals surface area contributed by atoms with E-state index >= 15 is 0 Å². The van der Waals surface area contributed by atoms with Crippen LogP contribution in [-0.4, -0.2) is 6.61 Å². The van der Waals surface area contributed by atoms with E-state index in [1.807, 2.05) is 48.5 Å². The highest BCUT2D eigenvalue weighted by Gasteiger charge is 2.21. The Bertz CT molecular complexity index is 892. The molecule has 0 aliphatic heterocycles. The molecule has 0 saturated carbocycles. The number of ether oxygens (including phenoxy) is 2. The SMILES string of the molecule is CC(C)(COCc1cccc(Oc2ccccc2)c1)c1ccc(Br)c(Br)c1. The Balaban J connectivity index is 1.59. The van der Waals surface area contributed by atoms with Crippen LogP contribution in [0.15, 0.2) is 81.7 Å². The number of rotatable bonds is 7. The first-order chi connectivity index (χ1) is 12.9. The van der Waals surface area contributed by atoms with E-state index in [0.29, 0.717) is 13.2 Å². The molecule has 0 N–H and O–H groups in total. The van der Waals surface area contributed by atoms with E-state index in [-0.39, 0.29) is 5.41 Å². The average Bonchev–Trinajstić information content (AvgIpc) is 2.65. The summed E-state index contributed by atoms with van der Waals surface area (Å²) in [5, 5.41) is 0. The molecule has 0 unspecified atom stereocenters. The van der Waals surface area contributed by atoms with Gasteiger partial charge in [0.25, 0.3) is 0 Å². The minimum absolute atomic E-state index is 0.0820. The summed E-state index contributed by atoms with van der Waals surface area (Å²) in [6.45, 7) is 5.56. The van der Waals surface area contributed by atoms with Gasteiger partial charge >= 0.3 is 0 Å². The van der Waals surface area contributed by atoms with E-state index < -0.39 is 0 Å². The molecule has 0 aliphatic carbocycles. The maximum Gasteiger partial charge on any atom is 0.127 e. The summed E-state index contributed by atoms with van der Waals surface area (Å²) in [6, 6.07) is 24.2. The Morgan fingerprint density at radius 1 is 0.778 bits per heavy atom. The van der Waals surface area contributed by atoms with Crippen LogP contribution in [-0.2, 0) is 16.8 Å². The number of para-hydroxylation sites is 1. The lowest BCUT2D eigenvalue weighted by Crippen LogP contribution is -2.24. The molecular formula is C23H22Br2O2. The third kappa shape index (κ3) is 5.68. The van der Waals surface area contributed by atoms with Crippen LogP contribution >= 0.6 is 31.9 Å². The predicted molar refractivity (Wildman–Crippen MR) is 117 cm³/mol. The molecule has 0 fully saturated rings. The van der Waals surface area contributed by atoms with Gasteiger partial charge in [0.1, 0.15) is 11.5 Å². The van der Waals surface area contributed by atoms with Crippen LogP contribution in [0.25, 0.3) is 0 Å². The summed E-state index contributed by atoms with van der Waals surface area (Å²) in [5.41, 5.74) is 2.25. The first-order valence-electron chi connectivity index (χ1n) is 8.79. The van der Waals surface area contributed by atoms with Gasteiger partial charge in [-0.3, -0.25) is 0 Å². The number of hydrogen-bond donors (Lipinski definition) is 0. The van der Waals surface area contributed by atoms with Crippen molar-refractivity contribution in [3.8, 4) is 11.5 Å². The smallest absolute Gasteiger partial charge is 0.127 e. The van der Waals surface area contributed by atoms with Crippen LogP contribution < -0.4 is 4.74 Å². The highest BCUT2D eigenvalue weighted by Crippen LogP contribution is 2.31. The van der Waals surface area contributed by atoms with Gasteiger partial charge in [0, 0.05) is 14.4 Å². The Morgan fingerprint density at radius 2 is 1.52 bits per heavy atom. The van der Waals surface area contributed by atoms with E-state index in [9.17, 15) is 0 Å². The fraction of sp³-hybridized carbons (Fsp3) is 0.217. The fourth-order valence-electron chi connectivity index (χ4n) is 2.75. The molecule has 3 rings (SSSR count). The van der Waals surface area contributed by atoms with Gasteiger partial charge in [-0.15, -0.1) is 0 Å². The molecule has 0 atom stereocenters. The summed E-state index contributed by atoms with van der Waals surface area (Å²) in [5.74, 6) is 1.65. The molecule has 0 saturated heterocycles. The first kappa shape index (κ1) is 20.1. The zero-order chi connectivity index (χ0) is 19.3. The summed E-state index contributed by atoms with van der Waals surface area (Å²) >= 11 is 7.10. The molecule has 0 bridgehead atoms. The van der Waals surface area contributed by atoms with Crippen LogP contribution in [0.4, 0.5) is 0 Å². The van der Waals surface area contributed by atoms with E-state index in [2.05, 4.69) is 70.0 Å². The Labute approximate surface area is 177 Å². The van der Waals surface area contributed by atoms with Crippen LogP contribution in [0.2, 0.25) is 0 Å². The van der Waals surface area contributed by atoms with Crippen molar-refractivity contribution in [2.75, 3.05) is 6.61 Å². The number of benzene rings is 3.